The SMILES string of the molecule is COc1ccc(C[NH2+]C[C@H]2C(=O)O[C@@H]3C[C@@]4(C)CCC[C@H](C)[C@@]45O[C@H]5[C@@H]32)cc1. The van der Waals surface area contributed by atoms with Crippen molar-refractivity contribution in [3.05, 3.63) is 29.8 Å². The van der Waals surface area contributed by atoms with Gasteiger partial charge in [0.15, 0.2) is 0 Å². The Morgan fingerprint density at radius 1 is 1.29 bits per heavy atom. The molecule has 1 aromatic rings. The van der Waals surface area contributed by atoms with Crippen molar-refractivity contribution in [3.63, 3.8) is 0 Å². The Kier molecular flexibility index (Phi) is 4.25. The fraction of sp³-hybridized carbons (Fsp3) is 0.696. The van der Waals surface area contributed by atoms with Gasteiger partial charge in [0.2, 0.25) is 0 Å². The number of hydrogen-bond donors (Lipinski definition) is 1. The first kappa shape index (κ1) is 18.4. The van der Waals surface area contributed by atoms with Gasteiger partial charge in [0, 0.05) is 16.9 Å². The van der Waals surface area contributed by atoms with Gasteiger partial charge in [-0.2, -0.15) is 0 Å². The van der Waals surface area contributed by atoms with Gasteiger partial charge < -0.3 is 19.5 Å². The molecular formula is C23H32NO4+. The summed E-state index contributed by atoms with van der Waals surface area (Å²) in [5.74, 6) is 1.62. The van der Waals surface area contributed by atoms with E-state index in [0.29, 0.717) is 5.92 Å². The molecule has 7 atom stereocenters. The van der Waals surface area contributed by atoms with E-state index in [4.69, 9.17) is 14.2 Å². The molecule has 5 heteroatoms. The maximum absolute atomic E-state index is 12.7. The molecule has 2 saturated heterocycles. The van der Waals surface area contributed by atoms with Crippen molar-refractivity contribution in [3.8, 4) is 5.75 Å². The normalized spacial score (nSPS) is 43.5. The average Bonchev–Trinajstić information content (AvgIpc) is 3.36. The molecule has 4 aliphatic rings. The highest BCUT2D eigenvalue weighted by molar-refractivity contribution is 5.76. The number of ether oxygens (including phenoxy) is 3. The molecular weight excluding hydrogens is 354 g/mol. The minimum atomic E-state index is -0.0497. The molecule has 2 N–H and O–H groups in total. The predicted octanol–water partition coefficient (Wildman–Crippen LogP) is 2.28. The third-order valence-electron chi connectivity index (χ3n) is 8.15. The first-order chi connectivity index (χ1) is 13.5. The standard InChI is InChI=1S/C23H31NO4/c1-14-5-4-10-22(2)11-18-19(20-23(14,22)28-20)17(21(25)27-18)13-24-12-15-6-8-16(26-3)9-7-15/h6-9,14,17-20,24H,4-5,10-13H2,1-3H3/p+1/t14-,17+,18+,19+,20-,22+,23-/m0/s1. The molecule has 0 radical (unpaired) electrons. The van der Waals surface area contributed by atoms with Crippen LogP contribution >= 0.6 is 0 Å². The third-order valence-corrected chi connectivity index (χ3v) is 8.15. The number of rotatable bonds is 5. The van der Waals surface area contributed by atoms with E-state index in [1.807, 2.05) is 12.1 Å². The van der Waals surface area contributed by atoms with Gasteiger partial charge in [-0.3, -0.25) is 4.79 Å². The quantitative estimate of drug-likeness (QED) is 0.623. The summed E-state index contributed by atoms with van der Waals surface area (Å²) in [6.45, 7) is 6.35. The number of carbonyl (C=O) groups excluding carboxylic acids is 1. The van der Waals surface area contributed by atoms with Crippen LogP contribution < -0.4 is 10.1 Å². The van der Waals surface area contributed by atoms with E-state index >= 15 is 0 Å². The van der Waals surface area contributed by atoms with Crippen molar-refractivity contribution in [2.24, 2.45) is 23.2 Å². The summed E-state index contributed by atoms with van der Waals surface area (Å²) >= 11 is 0. The zero-order chi connectivity index (χ0) is 19.5. The number of nitrogens with two attached hydrogens (primary N) is 1. The Bertz CT molecular complexity index is 764. The van der Waals surface area contributed by atoms with Crippen molar-refractivity contribution >= 4 is 5.97 Å². The van der Waals surface area contributed by atoms with Crippen LogP contribution in [0.5, 0.6) is 5.75 Å². The monoisotopic (exact) mass is 386 g/mol. The molecule has 1 spiro atoms. The number of quaternary nitrogens is 1. The largest absolute Gasteiger partial charge is 0.497 e. The minimum Gasteiger partial charge on any atom is -0.497 e. The molecule has 28 heavy (non-hydrogen) atoms. The molecule has 0 aromatic heterocycles. The maximum Gasteiger partial charge on any atom is 0.315 e. The Morgan fingerprint density at radius 2 is 2.07 bits per heavy atom. The van der Waals surface area contributed by atoms with Crippen molar-refractivity contribution in [2.75, 3.05) is 13.7 Å². The topological polar surface area (TPSA) is 64.7 Å². The van der Waals surface area contributed by atoms with Gasteiger partial charge in [-0.15, -0.1) is 0 Å². The Labute approximate surface area is 167 Å². The summed E-state index contributed by atoms with van der Waals surface area (Å²) in [4.78, 5) is 12.7. The van der Waals surface area contributed by atoms with Crippen molar-refractivity contribution in [2.45, 2.75) is 63.9 Å². The van der Waals surface area contributed by atoms with Gasteiger partial charge in [0.1, 0.15) is 29.9 Å². The highest BCUT2D eigenvalue weighted by Gasteiger charge is 2.78. The second-order valence-corrected chi connectivity index (χ2v) is 9.63. The van der Waals surface area contributed by atoms with Crippen LogP contribution in [-0.2, 0) is 20.8 Å². The summed E-state index contributed by atoms with van der Waals surface area (Å²) < 4.78 is 17.6. The molecule has 2 aliphatic carbocycles. The highest BCUT2D eigenvalue weighted by atomic mass is 16.6. The number of methoxy groups -OCH3 is 1. The van der Waals surface area contributed by atoms with Crippen LogP contribution in [0, 0.1) is 23.2 Å². The van der Waals surface area contributed by atoms with Gasteiger partial charge in [0.05, 0.1) is 19.8 Å². The van der Waals surface area contributed by atoms with Crippen LogP contribution in [0.15, 0.2) is 24.3 Å². The van der Waals surface area contributed by atoms with E-state index < -0.39 is 0 Å². The van der Waals surface area contributed by atoms with Gasteiger partial charge in [-0.05, 0) is 49.4 Å². The Balaban J connectivity index is 1.27. The molecule has 1 aromatic carbocycles. The van der Waals surface area contributed by atoms with E-state index in [-0.39, 0.29) is 41.0 Å². The average molecular weight is 387 g/mol. The van der Waals surface area contributed by atoms with Crippen LogP contribution in [0.1, 0.15) is 45.1 Å². The summed E-state index contributed by atoms with van der Waals surface area (Å²) in [6.07, 6.45) is 4.93. The van der Waals surface area contributed by atoms with Gasteiger partial charge in [-0.25, -0.2) is 0 Å². The molecule has 4 fully saturated rings. The third kappa shape index (κ3) is 2.55. The first-order valence-electron chi connectivity index (χ1n) is 10.8. The van der Waals surface area contributed by atoms with Crippen LogP contribution in [0.3, 0.4) is 0 Å². The first-order valence-corrected chi connectivity index (χ1v) is 10.8. The zero-order valence-corrected chi connectivity index (χ0v) is 17.1. The van der Waals surface area contributed by atoms with Crippen molar-refractivity contribution in [1.82, 2.24) is 0 Å². The lowest BCUT2D eigenvalue weighted by molar-refractivity contribution is -0.675. The fourth-order valence-corrected chi connectivity index (χ4v) is 6.69. The van der Waals surface area contributed by atoms with Gasteiger partial charge in [-0.1, -0.05) is 20.3 Å². The number of esters is 1. The van der Waals surface area contributed by atoms with Crippen molar-refractivity contribution < 1.29 is 24.3 Å². The molecule has 2 aliphatic heterocycles. The number of hydrogen-bond acceptors (Lipinski definition) is 4. The van der Waals surface area contributed by atoms with Crippen LogP contribution in [0.2, 0.25) is 0 Å². The number of benzene rings is 1. The Hall–Kier alpha value is -1.59. The molecule has 5 rings (SSSR count). The van der Waals surface area contributed by atoms with Crippen LogP contribution in [-0.4, -0.2) is 37.4 Å². The molecule has 152 valence electrons. The second-order valence-electron chi connectivity index (χ2n) is 9.63. The second kappa shape index (κ2) is 6.46. The molecule has 0 amide bonds. The molecule has 2 heterocycles. The van der Waals surface area contributed by atoms with E-state index in [2.05, 4.69) is 31.3 Å². The summed E-state index contributed by atoms with van der Waals surface area (Å²) in [6, 6.07) is 8.13. The van der Waals surface area contributed by atoms with E-state index in [9.17, 15) is 4.79 Å². The van der Waals surface area contributed by atoms with Gasteiger partial charge >= 0.3 is 5.97 Å². The summed E-state index contributed by atoms with van der Waals surface area (Å²) in [7, 11) is 1.68. The molecule has 2 saturated carbocycles. The lowest BCUT2D eigenvalue weighted by Crippen LogP contribution is -2.84. The van der Waals surface area contributed by atoms with Crippen LogP contribution in [0.25, 0.3) is 0 Å². The zero-order valence-electron chi connectivity index (χ0n) is 17.1. The molecule has 0 unspecified atom stereocenters. The summed E-state index contributed by atoms with van der Waals surface area (Å²) in [5.41, 5.74) is 1.40. The Morgan fingerprint density at radius 3 is 2.82 bits per heavy atom. The smallest absolute Gasteiger partial charge is 0.315 e. The molecule has 5 nitrogen and oxygen atoms in total. The summed E-state index contributed by atoms with van der Waals surface area (Å²) in [5, 5.41) is 2.24. The van der Waals surface area contributed by atoms with Crippen LogP contribution in [0.4, 0.5) is 0 Å². The minimum absolute atomic E-state index is 0.00533. The van der Waals surface area contributed by atoms with Crippen molar-refractivity contribution in [1.29, 1.82) is 0 Å². The lowest BCUT2D eigenvalue weighted by atomic mass is 9.53. The van der Waals surface area contributed by atoms with E-state index in [1.165, 1.54) is 24.8 Å². The fourth-order valence-electron chi connectivity index (χ4n) is 6.69. The number of fused-ring (bicyclic) bond motifs is 2. The van der Waals surface area contributed by atoms with Gasteiger partial charge in [0.25, 0.3) is 0 Å². The number of carbonyl (C=O) groups is 1. The maximum atomic E-state index is 12.7. The van der Waals surface area contributed by atoms with E-state index in [0.717, 1.165) is 25.3 Å². The lowest BCUT2D eigenvalue weighted by Gasteiger charge is -2.48. The predicted molar refractivity (Wildman–Crippen MR) is 104 cm³/mol. The van der Waals surface area contributed by atoms with E-state index in [1.54, 1.807) is 7.11 Å². The molecule has 0 bridgehead atoms. The highest BCUT2D eigenvalue weighted by Crippen LogP contribution is 2.70. The number of epoxide rings is 1.